The second-order valence-corrected chi connectivity index (χ2v) is 14.4. The minimum absolute atomic E-state index is 0.0337. The molecule has 8 nitrogen and oxygen atoms in total. The van der Waals surface area contributed by atoms with E-state index in [9.17, 15) is 18.3 Å². The molecule has 1 unspecified atom stereocenters. The number of aryl methyl sites for hydroxylation is 2. The van der Waals surface area contributed by atoms with E-state index in [0.717, 1.165) is 11.1 Å². The summed E-state index contributed by atoms with van der Waals surface area (Å²) in [6.45, 7) is 7.47. The number of benzene rings is 3. The number of carbonyl (C=O) groups is 1. The maximum absolute atomic E-state index is 16.4. The summed E-state index contributed by atoms with van der Waals surface area (Å²) in [5.41, 5.74) is 2.28. The fourth-order valence-electron chi connectivity index (χ4n) is 6.24. The number of ether oxygens (including phenoxy) is 1. The summed E-state index contributed by atoms with van der Waals surface area (Å²) in [6.07, 6.45) is 0.287. The number of hydrogen-bond acceptors (Lipinski definition) is 7. The number of pyridine rings is 1. The van der Waals surface area contributed by atoms with E-state index in [1.165, 1.54) is 23.1 Å². The third-order valence-corrected chi connectivity index (χ3v) is 10.3. The molecular formula is C35H34FN3O5S. The number of nitrogens with one attached hydrogen (secondary N) is 1. The average molecular weight is 628 g/mol. The first-order valence-corrected chi connectivity index (χ1v) is 16.3. The monoisotopic (exact) mass is 627 g/mol. The van der Waals surface area contributed by atoms with Crippen LogP contribution in [0.25, 0.3) is 0 Å². The number of fused-ring (bicyclic) bond motifs is 1. The first kappa shape index (κ1) is 30.3. The van der Waals surface area contributed by atoms with E-state index < -0.39 is 33.0 Å². The van der Waals surface area contributed by atoms with Gasteiger partial charge >= 0.3 is 0 Å². The van der Waals surface area contributed by atoms with Gasteiger partial charge in [0.05, 0.1) is 16.3 Å². The molecule has 3 aromatic carbocycles. The van der Waals surface area contributed by atoms with Crippen molar-refractivity contribution in [3.05, 3.63) is 123 Å². The van der Waals surface area contributed by atoms with E-state index in [0.29, 0.717) is 11.4 Å². The fraction of sp³-hybridized carbons (Fsp3) is 0.257. The number of allylic oxidation sites excluding steroid dienone is 1. The third kappa shape index (κ3) is 5.90. The Morgan fingerprint density at radius 2 is 1.82 bits per heavy atom. The van der Waals surface area contributed by atoms with E-state index in [4.69, 9.17) is 4.74 Å². The topological polar surface area (TPSA) is 109 Å². The molecule has 0 saturated heterocycles. The summed E-state index contributed by atoms with van der Waals surface area (Å²) in [6, 6.07) is 20.3. The van der Waals surface area contributed by atoms with Crippen LogP contribution in [0.2, 0.25) is 0 Å². The number of phenolic OH excluding ortho intramolecular Hbond substituents is 1. The summed E-state index contributed by atoms with van der Waals surface area (Å²) in [5, 5.41) is 14.2. The Morgan fingerprint density at radius 1 is 1.07 bits per heavy atom. The van der Waals surface area contributed by atoms with E-state index in [1.807, 2.05) is 57.2 Å². The van der Waals surface area contributed by atoms with Crippen LogP contribution in [0.4, 0.5) is 15.8 Å². The highest BCUT2D eigenvalue weighted by atomic mass is 32.2. The Bertz CT molecular complexity index is 1940. The van der Waals surface area contributed by atoms with Crippen molar-refractivity contribution in [3.63, 3.8) is 0 Å². The molecule has 6 rings (SSSR count). The van der Waals surface area contributed by atoms with Gasteiger partial charge in [0.1, 0.15) is 41.3 Å². The normalized spacial score (nSPS) is 18.3. The fourth-order valence-corrected chi connectivity index (χ4v) is 8.60. The van der Waals surface area contributed by atoms with E-state index in [2.05, 4.69) is 10.3 Å². The zero-order chi connectivity index (χ0) is 32.1. The molecule has 2 N–H and O–H groups in total. The summed E-state index contributed by atoms with van der Waals surface area (Å²) >= 11 is 0. The van der Waals surface area contributed by atoms with Gasteiger partial charge in [0, 0.05) is 23.0 Å². The van der Waals surface area contributed by atoms with Gasteiger partial charge in [0.25, 0.3) is 5.91 Å². The van der Waals surface area contributed by atoms with Gasteiger partial charge in [-0.05, 0) is 73.2 Å². The molecule has 0 aliphatic carbocycles. The highest BCUT2D eigenvalue weighted by Gasteiger charge is 2.48. The zero-order valence-electron chi connectivity index (χ0n) is 25.5. The van der Waals surface area contributed by atoms with Gasteiger partial charge in [-0.3, -0.25) is 9.69 Å². The highest BCUT2D eigenvalue weighted by molar-refractivity contribution is 7.95. The molecular weight excluding hydrogens is 593 g/mol. The summed E-state index contributed by atoms with van der Waals surface area (Å²) in [7, 11) is -4.06. The lowest BCUT2D eigenvalue weighted by Crippen LogP contribution is -2.41. The molecule has 1 amide bonds. The molecule has 45 heavy (non-hydrogen) atoms. The standard InChI is InChI=1S/C35H34FN3O5S/c1-21-15-22(2)37-27(16-21)34(41)39-29-11-8-12-30(40)31(29)38-28-18-35(3,4)20-45(42,43)33(28)32(39)25-14-13-24(17-26(25)36)44-19-23-9-6-5-7-10-23/h5-17,32,38,40H,18-20H2,1-4H3. The first-order valence-electron chi connectivity index (χ1n) is 14.6. The van der Waals surface area contributed by atoms with Crippen molar-refractivity contribution in [1.29, 1.82) is 0 Å². The third-order valence-electron chi connectivity index (χ3n) is 7.98. The van der Waals surface area contributed by atoms with Crippen LogP contribution in [-0.4, -0.2) is 30.2 Å². The number of aromatic hydroxyl groups is 1. The van der Waals surface area contributed by atoms with Crippen LogP contribution in [-0.2, 0) is 16.4 Å². The number of rotatable bonds is 5. The lowest BCUT2D eigenvalue weighted by molar-refractivity contribution is 0.0975. The largest absolute Gasteiger partial charge is 0.506 e. The SMILES string of the molecule is Cc1cc(C)nc(C(=O)N2c3cccc(O)c3NC3=C(C2c2ccc(OCc4ccccc4)cc2F)S(=O)(=O)CC(C)(C)C3)c1. The molecule has 1 atom stereocenters. The number of aromatic nitrogens is 1. The first-order chi connectivity index (χ1) is 21.3. The predicted octanol–water partition coefficient (Wildman–Crippen LogP) is 6.99. The van der Waals surface area contributed by atoms with Crippen molar-refractivity contribution in [2.75, 3.05) is 16.0 Å². The van der Waals surface area contributed by atoms with Crippen LogP contribution in [0, 0.1) is 25.1 Å². The van der Waals surface area contributed by atoms with Gasteiger partial charge in [0.15, 0.2) is 9.84 Å². The van der Waals surface area contributed by atoms with Gasteiger partial charge in [-0.25, -0.2) is 17.8 Å². The molecule has 0 radical (unpaired) electrons. The van der Waals surface area contributed by atoms with Gasteiger partial charge < -0.3 is 15.2 Å². The number of halogens is 1. The Morgan fingerprint density at radius 3 is 2.53 bits per heavy atom. The van der Waals surface area contributed by atoms with Gasteiger partial charge in [-0.1, -0.05) is 50.2 Å². The van der Waals surface area contributed by atoms with Crippen molar-refractivity contribution in [2.45, 2.75) is 46.8 Å². The maximum Gasteiger partial charge on any atom is 0.277 e. The van der Waals surface area contributed by atoms with Crippen LogP contribution in [0.5, 0.6) is 11.5 Å². The molecule has 1 aromatic heterocycles. The molecule has 2 aliphatic rings. The quantitative estimate of drug-likeness (QED) is 0.230. The summed E-state index contributed by atoms with van der Waals surface area (Å²) in [4.78, 5) is 20.1. The number of nitrogens with zero attached hydrogens (tertiary/aromatic N) is 2. The van der Waals surface area contributed by atoms with E-state index in [-0.39, 0.29) is 57.8 Å². The Kier molecular flexibility index (Phi) is 7.64. The number of sulfone groups is 1. The Labute approximate surface area is 262 Å². The van der Waals surface area contributed by atoms with Crippen LogP contribution in [0.1, 0.15) is 59.2 Å². The van der Waals surface area contributed by atoms with E-state index in [1.54, 1.807) is 31.2 Å². The number of hydrogen-bond donors (Lipinski definition) is 2. The molecule has 0 saturated carbocycles. The van der Waals surface area contributed by atoms with Crippen molar-refractivity contribution in [2.24, 2.45) is 5.41 Å². The van der Waals surface area contributed by atoms with Crippen LogP contribution >= 0.6 is 0 Å². The molecule has 4 aromatic rings. The lowest BCUT2D eigenvalue weighted by atomic mass is 9.88. The Balaban J connectivity index is 1.57. The second kappa shape index (κ2) is 11.3. The molecule has 0 spiro atoms. The number of anilines is 2. The van der Waals surface area contributed by atoms with Crippen LogP contribution in [0.3, 0.4) is 0 Å². The summed E-state index contributed by atoms with van der Waals surface area (Å²) < 4.78 is 50.6. The number of carbonyl (C=O) groups excluding carboxylic acids is 1. The molecule has 3 heterocycles. The van der Waals surface area contributed by atoms with Crippen molar-refractivity contribution >= 4 is 27.1 Å². The number of phenols is 1. The van der Waals surface area contributed by atoms with Crippen molar-refractivity contribution in [1.82, 2.24) is 4.98 Å². The molecule has 0 fully saturated rings. The highest BCUT2D eigenvalue weighted by Crippen LogP contribution is 2.52. The minimum Gasteiger partial charge on any atom is -0.506 e. The lowest BCUT2D eigenvalue weighted by Gasteiger charge is -2.37. The van der Waals surface area contributed by atoms with Gasteiger partial charge in [0.2, 0.25) is 0 Å². The summed E-state index contributed by atoms with van der Waals surface area (Å²) in [5.74, 6) is -1.52. The van der Waals surface area contributed by atoms with Gasteiger partial charge in [-0.15, -0.1) is 0 Å². The predicted molar refractivity (Wildman–Crippen MR) is 171 cm³/mol. The minimum atomic E-state index is -4.06. The smallest absolute Gasteiger partial charge is 0.277 e. The Hall–Kier alpha value is -4.70. The maximum atomic E-state index is 16.4. The molecule has 10 heteroatoms. The molecule has 2 aliphatic heterocycles. The van der Waals surface area contributed by atoms with Gasteiger partial charge in [-0.2, -0.15) is 0 Å². The van der Waals surface area contributed by atoms with Crippen LogP contribution < -0.4 is 15.0 Å². The zero-order valence-corrected chi connectivity index (χ0v) is 26.3. The average Bonchev–Trinajstić information content (AvgIpc) is 3.10. The second-order valence-electron chi connectivity index (χ2n) is 12.4. The molecule has 0 bridgehead atoms. The molecule has 232 valence electrons. The van der Waals surface area contributed by atoms with Crippen molar-refractivity contribution < 1.29 is 27.4 Å². The van der Waals surface area contributed by atoms with E-state index >= 15 is 4.39 Å². The van der Waals surface area contributed by atoms with Crippen molar-refractivity contribution in [3.8, 4) is 11.5 Å². The van der Waals surface area contributed by atoms with Crippen LogP contribution in [0.15, 0.2) is 89.5 Å². The number of para-hydroxylation sites is 1. The number of amides is 1.